The molecule has 0 aromatic carbocycles. The minimum absolute atomic E-state index is 0.0601. The summed E-state index contributed by atoms with van der Waals surface area (Å²) in [6.07, 6.45) is 0.106. The first kappa shape index (κ1) is 12.8. The minimum Gasteiger partial charge on any atom is -0.383 e. The predicted octanol–water partition coefficient (Wildman–Crippen LogP) is 0.526. The van der Waals surface area contributed by atoms with E-state index in [1.807, 2.05) is 6.92 Å². The number of hydrazine groups is 1. The zero-order valence-electron chi connectivity index (χ0n) is 9.04. The Bertz CT molecular complexity index is 120. The van der Waals surface area contributed by atoms with Gasteiger partial charge in [0.15, 0.2) is 0 Å². The predicted molar refractivity (Wildman–Crippen MR) is 53.2 cm³/mol. The third-order valence-corrected chi connectivity index (χ3v) is 1.97. The molecule has 0 aliphatic carbocycles. The lowest BCUT2D eigenvalue weighted by Gasteiger charge is -2.28. The van der Waals surface area contributed by atoms with Gasteiger partial charge in [0.2, 0.25) is 0 Å². The first-order valence-corrected chi connectivity index (χ1v) is 4.74. The minimum atomic E-state index is 0.0601. The number of rotatable bonds is 7. The van der Waals surface area contributed by atoms with E-state index in [-0.39, 0.29) is 12.1 Å². The molecule has 0 saturated carbocycles. The highest BCUT2D eigenvalue weighted by Crippen LogP contribution is 2.11. The molecule has 0 fully saturated rings. The third kappa shape index (κ3) is 4.57. The van der Waals surface area contributed by atoms with Gasteiger partial charge in [-0.15, -0.1) is 0 Å². The first-order valence-electron chi connectivity index (χ1n) is 4.74. The maximum absolute atomic E-state index is 5.59. The van der Waals surface area contributed by atoms with Crippen molar-refractivity contribution in [2.24, 2.45) is 11.8 Å². The van der Waals surface area contributed by atoms with Crippen LogP contribution in [0.1, 0.15) is 20.8 Å². The highest BCUT2D eigenvalue weighted by molar-refractivity contribution is 4.77. The number of nitrogens with one attached hydrogen (secondary N) is 1. The van der Waals surface area contributed by atoms with Gasteiger partial charge in [-0.3, -0.25) is 11.3 Å². The average Bonchev–Trinajstić information content (AvgIpc) is 2.10. The van der Waals surface area contributed by atoms with Crippen LogP contribution in [0.2, 0.25) is 0 Å². The molecule has 0 aromatic rings. The van der Waals surface area contributed by atoms with Crippen molar-refractivity contribution in [1.29, 1.82) is 0 Å². The van der Waals surface area contributed by atoms with Gasteiger partial charge >= 0.3 is 0 Å². The Hall–Kier alpha value is -0.160. The maximum atomic E-state index is 5.59. The van der Waals surface area contributed by atoms with Gasteiger partial charge in [0.05, 0.1) is 18.8 Å². The molecular weight excluding hydrogens is 168 g/mol. The van der Waals surface area contributed by atoms with Crippen LogP contribution < -0.4 is 11.3 Å². The topological polar surface area (TPSA) is 56.5 Å². The van der Waals surface area contributed by atoms with Gasteiger partial charge in [-0.1, -0.05) is 13.8 Å². The summed E-state index contributed by atoms with van der Waals surface area (Å²) in [5.74, 6) is 5.84. The third-order valence-electron chi connectivity index (χ3n) is 1.97. The monoisotopic (exact) mass is 190 g/mol. The number of hydrogen-bond donors (Lipinski definition) is 2. The number of ether oxygens (including phenoxy) is 2. The van der Waals surface area contributed by atoms with Crippen LogP contribution in [0.15, 0.2) is 0 Å². The molecule has 2 unspecified atom stereocenters. The maximum Gasteiger partial charge on any atom is 0.0786 e. The van der Waals surface area contributed by atoms with Gasteiger partial charge in [-0.2, -0.15) is 0 Å². The van der Waals surface area contributed by atoms with Crippen molar-refractivity contribution in [3.63, 3.8) is 0 Å². The van der Waals surface area contributed by atoms with E-state index < -0.39 is 0 Å². The molecule has 2 atom stereocenters. The fraction of sp³-hybridized carbons (Fsp3) is 1.00. The van der Waals surface area contributed by atoms with Crippen LogP contribution in [-0.2, 0) is 9.47 Å². The summed E-state index contributed by atoms with van der Waals surface area (Å²) >= 11 is 0. The van der Waals surface area contributed by atoms with Gasteiger partial charge in [-0.25, -0.2) is 0 Å². The van der Waals surface area contributed by atoms with E-state index in [9.17, 15) is 0 Å². The molecular formula is C9H22N2O2. The fourth-order valence-corrected chi connectivity index (χ4v) is 1.38. The molecule has 0 rings (SSSR count). The van der Waals surface area contributed by atoms with Gasteiger partial charge in [0.1, 0.15) is 0 Å². The van der Waals surface area contributed by atoms with Crippen LogP contribution in [0.3, 0.4) is 0 Å². The summed E-state index contributed by atoms with van der Waals surface area (Å²) < 4.78 is 10.6. The molecule has 0 amide bonds. The smallest absolute Gasteiger partial charge is 0.0786 e. The van der Waals surface area contributed by atoms with Gasteiger partial charge < -0.3 is 9.47 Å². The van der Waals surface area contributed by atoms with E-state index >= 15 is 0 Å². The van der Waals surface area contributed by atoms with E-state index in [2.05, 4.69) is 19.3 Å². The summed E-state index contributed by atoms with van der Waals surface area (Å²) in [6.45, 7) is 7.47. The van der Waals surface area contributed by atoms with Gasteiger partial charge in [0.25, 0.3) is 0 Å². The molecule has 80 valence electrons. The summed E-state index contributed by atoms with van der Waals surface area (Å²) in [4.78, 5) is 0. The van der Waals surface area contributed by atoms with E-state index in [4.69, 9.17) is 15.3 Å². The van der Waals surface area contributed by atoms with Crippen LogP contribution in [-0.4, -0.2) is 32.5 Å². The zero-order chi connectivity index (χ0) is 10.3. The first-order chi connectivity index (χ1) is 6.17. The van der Waals surface area contributed by atoms with Crippen LogP contribution in [0, 0.1) is 5.92 Å². The second-order valence-electron chi connectivity index (χ2n) is 3.39. The van der Waals surface area contributed by atoms with E-state index in [0.29, 0.717) is 19.1 Å². The number of hydrogen-bond acceptors (Lipinski definition) is 4. The van der Waals surface area contributed by atoms with Crippen molar-refractivity contribution in [1.82, 2.24) is 5.43 Å². The normalized spacial score (nSPS) is 16.2. The van der Waals surface area contributed by atoms with Crippen molar-refractivity contribution in [3.05, 3.63) is 0 Å². The molecule has 0 spiro atoms. The molecule has 0 heterocycles. The lowest BCUT2D eigenvalue weighted by atomic mass is 10.0. The highest BCUT2D eigenvalue weighted by Gasteiger charge is 2.23. The van der Waals surface area contributed by atoms with E-state index in [1.165, 1.54) is 0 Å². The molecule has 0 bridgehead atoms. The Morgan fingerprint density at radius 2 is 2.00 bits per heavy atom. The molecule has 0 aliphatic rings. The Kier molecular flexibility index (Phi) is 7.17. The average molecular weight is 190 g/mol. The van der Waals surface area contributed by atoms with Crippen LogP contribution >= 0.6 is 0 Å². The SMILES string of the molecule is CCOC(C(C)C)C(COC)NN. The van der Waals surface area contributed by atoms with Crippen LogP contribution in [0.4, 0.5) is 0 Å². The largest absolute Gasteiger partial charge is 0.383 e. The molecule has 0 aromatic heterocycles. The molecule has 0 saturated heterocycles. The van der Waals surface area contributed by atoms with Crippen molar-refractivity contribution in [3.8, 4) is 0 Å². The summed E-state index contributed by atoms with van der Waals surface area (Å²) in [6, 6.07) is 0.0601. The quantitative estimate of drug-likeness (QED) is 0.454. The Balaban J connectivity index is 4.11. The molecule has 0 aliphatic heterocycles. The van der Waals surface area contributed by atoms with Gasteiger partial charge in [-0.05, 0) is 12.8 Å². The molecule has 3 N–H and O–H groups in total. The van der Waals surface area contributed by atoms with Gasteiger partial charge in [0, 0.05) is 13.7 Å². The summed E-state index contributed by atoms with van der Waals surface area (Å²) in [7, 11) is 1.66. The van der Waals surface area contributed by atoms with Crippen LogP contribution in [0.5, 0.6) is 0 Å². The second-order valence-corrected chi connectivity index (χ2v) is 3.39. The Labute approximate surface area is 80.7 Å². The lowest BCUT2D eigenvalue weighted by molar-refractivity contribution is -0.0167. The Morgan fingerprint density at radius 3 is 2.31 bits per heavy atom. The molecule has 4 nitrogen and oxygen atoms in total. The fourth-order valence-electron chi connectivity index (χ4n) is 1.38. The lowest BCUT2D eigenvalue weighted by Crippen LogP contribution is -2.50. The van der Waals surface area contributed by atoms with Crippen molar-refractivity contribution in [2.45, 2.75) is 32.9 Å². The second kappa shape index (κ2) is 7.26. The highest BCUT2D eigenvalue weighted by atomic mass is 16.5. The van der Waals surface area contributed by atoms with Crippen LogP contribution in [0.25, 0.3) is 0 Å². The van der Waals surface area contributed by atoms with Crippen molar-refractivity contribution < 1.29 is 9.47 Å². The van der Waals surface area contributed by atoms with E-state index in [1.54, 1.807) is 7.11 Å². The molecule has 13 heavy (non-hydrogen) atoms. The number of methoxy groups -OCH3 is 1. The molecule has 4 heteroatoms. The molecule has 0 radical (unpaired) electrons. The number of nitrogens with two attached hydrogens (primary N) is 1. The standard InChI is InChI=1S/C9H22N2O2/c1-5-13-9(7(2)3)8(11-10)6-12-4/h7-9,11H,5-6,10H2,1-4H3. The van der Waals surface area contributed by atoms with E-state index in [0.717, 1.165) is 0 Å². The Morgan fingerprint density at radius 1 is 1.38 bits per heavy atom. The van der Waals surface area contributed by atoms with Crippen molar-refractivity contribution >= 4 is 0 Å². The summed E-state index contributed by atoms with van der Waals surface area (Å²) in [5, 5.41) is 0. The summed E-state index contributed by atoms with van der Waals surface area (Å²) in [5.41, 5.74) is 2.72. The zero-order valence-corrected chi connectivity index (χ0v) is 9.04. The van der Waals surface area contributed by atoms with Crippen molar-refractivity contribution in [2.75, 3.05) is 20.3 Å².